The van der Waals surface area contributed by atoms with E-state index in [1.165, 1.54) is 0 Å². The van der Waals surface area contributed by atoms with Crippen LogP contribution < -0.4 is 10.9 Å². The summed E-state index contributed by atoms with van der Waals surface area (Å²) in [6, 6.07) is 9.75. The second kappa shape index (κ2) is 5.40. The first-order chi connectivity index (χ1) is 10.2. The van der Waals surface area contributed by atoms with E-state index in [1.807, 2.05) is 37.3 Å². The Balaban J connectivity index is 1.90. The second-order valence-electron chi connectivity index (χ2n) is 4.91. The van der Waals surface area contributed by atoms with Crippen LogP contribution in [-0.4, -0.2) is 19.7 Å². The summed E-state index contributed by atoms with van der Waals surface area (Å²) in [6.07, 6.45) is 0.798. The topological polar surface area (TPSA) is 75.6 Å². The number of aromatic amines is 1. The highest BCUT2D eigenvalue weighted by Crippen LogP contribution is 2.13. The molecule has 0 atom stereocenters. The van der Waals surface area contributed by atoms with Crippen molar-refractivity contribution in [2.45, 2.75) is 19.9 Å². The van der Waals surface area contributed by atoms with Crippen molar-refractivity contribution in [2.24, 2.45) is 7.05 Å². The van der Waals surface area contributed by atoms with Crippen LogP contribution in [0, 0.1) is 0 Å². The van der Waals surface area contributed by atoms with Crippen LogP contribution in [0.1, 0.15) is 18.3 Å². The molecular formula is C15H17N5O. The van der Waals surface area contributed by atoms with E-state index in [0.29, 0.717) is 18.1 Å². The highest BCUT2D eigenvalue weighted by molar-refractivity contribution is 5.79. The lowest BCUT2D eigenvalue weighted by Crippen LogP contribution is -2.23. The largest absolute Gasteiger partial charge is 0.349 e. The Bertz CT molecular complexity index is 833. The molecule has 0 radical (unpaired) electrons. The molecule has 0 unspecified atom stereocenters. The van der Waals surface area contributed by atoms with Crippen LogP contribution in [0.2, 0.25) is 0 Å². The zero-order chi connectivity index (χ0) is 14.8. The van der Waals surface area contributed by atoms with Gasteiger partial charge in [0, 0.05) is 25.6 Å². The summed E-state index contributed by atoms with van der Waals surface area (Å²) in [7, 11) is 1.79. The summed E-state index contributed by atoms with van der Waals surface area (Å²) in [6.45, 7) is 2.40. The van der Waals surface area contributed by atoms with Crippen molar-refractivity contribution in [3.8, 4) is 0 Å². The van der Waals surface area contributed by atoms with E-state index < -0.39 is 0 Å². The molecule has 2 heterocycles. The fourth-order valence-electron chi connectivity index (χ4n) is 2.32. The summed E-state index contributed by atoms with van der Waals surface area (Å²) < 4.78 is 1.67. The van der Waals surface area contributed by atoms with Crippen molar-refractivity contribution in [2.75, 3.05) is 5.32 Å². The van der Waals surface area contributed by atoms with Crippen LogP contribution in [-0.2, 0) is 20.0 Å². The van der Waals surface area contributed by atoms with Gasteiger partial charge in [-0.3, -0.25) is 9.89 Å². The monoisotopic (exact) mass is 283 g/mol. The third kappa shape index (κ3) is 2.52. The predicted octanol–water partition coefficient (Wildman–Crippen LogP) is 1.83. The zero-order valence-corrected chi connectivity index (χ0v) is 12.1. The number of hydrogen-bond acceptors (Lipinski definition) is 4. The molecule has 108 valence electrons. The van der Waals surface area contributed by atoms with Crippen molar-refractivity contribution >= 4 is 16.9 Å². The van der Waals surface area contributed by atoms with Gasteiger partial charge >= 0.3 is 0 Å². The normalized spacial score (nSPS) is 11.0. The van der Waals surface area contributed by atoms with E-state index in [0.717, 1.165) is 23.1 Å². The minimum atomic E-state index is -0.00699. The molecule has 0 fully saturated rings. The van der Waals surface area contributed by atoms with Crippen LogP contribution in [0.5, 0.6) is 0 Å². The lowest BCUT2D eigenvalue weighted by molar-refractivity contribution is 0.876. The summed E-state index contributed by atoms with van der Waals surface area (Å²) in [5.41, 5.74) is 1.61. The molecule has 0 amide bonds. The molecule has 0 bridgehead atoms. The number of rotatable bonds is 4. The molecule has 2 aromatic heterocycles. The first kappa shape index (κ1) is 13.4. The Hall–Kier alpha value is -2.63. The van der Waals surface area contributed by atoms with E-state index >= 15 is 0 Å². The van der Waals surface area contributed by atoms with Crippen molar-refractivity contribution in [1.82, 2.24) is 19.7 Å². The van der Waals surface area contributed by atoms with Crippen molar-refractivity contribution in [3.63, 3.8) is 0 Å². The van der Waals surface area contributed by atoms with Gasteiger partial charge in [-0.05, 0) is 17.5 Å². The predicted molar refractivity (Wildman–Crippen MR) is 82.3 cm³/mol. The van der Waals surface area contributed by atoms with Crippen molar-refractivity contribution in [1.29, 1.82) is 0 Å². The minimum absolute atomic E-state index is 0.00699. The number of hydrogen-bond donors (Lipinski definition) is 2. The van der Waals surface area contributed by atoms with Gasteiger partial charge in [0.05, 0.1) is 5.52 Å². The number of pyridine rings is 1. The molecule has 6 nitrogen and oxygen atoms in total. The maximum atomic E-state index is 12.3. The number of benzene rings is 1. The van der Waals surface area contributed by atoms with Crippen LogP contribution in [0.25, 0.3) is 10.9 Å². The molecule has 21 heavy (non-hydrogen) atoms. The first-order valence-corrected chi connectivity index (χ1v) is 6.92. The number of nitrogens with one attached hydrogen (secondary N) is 2. The molecule has 2 N–H and O–H groups in total. The molecule has 3 aromatic rings. The molecule has 3 rings (SSSR count). The molecule has 6 heteroatoms. The standard InChI is InChI=1S/C15H17N5O/c1-3-13-17-15(19-18-13)16-9-11-8-10-6-4-5-7-12(10)20(2)14(11)21/h4-8H,3,9H2,1-2H3,(H2,16,17,18,19). The van der Waals surface area contributed by atoms with Gasteiger partial charge in [0.25, 0.3) is 5.56 Å². The average molecular weight is 283 g/mol. The third-order valence-corrected chi connectivity index (χ3v) is 3.51. The fraction of sp³-hybridized carbons (Fsp3) is 0.267. The molecule has 0 aliphatic rings. The number of H-pyrrole nitrogens is 1. The van der Waals surface area contributed by atoms with E-state index in [1.54, 1.807) is 11.6 Å². The number of para-hydroxylation sites is 1. The SMILES string of the molecule is CCc1nc(NCc2cc3ccccc3n(C)c2=O)n[nH]1. The summed E-state index contributed by atoms with van der Waals surface area (Å²) >= 11 is 0. The number of fused-ring (bicyclic) bond motifs is 1. The lowest BCUT2D eigenvalue weighted by Gasteiger charge is -2.08. The maximum absolute atomic E-state index is 12.3. The lowest BCUT2D eigenvalue weighted by atomic mass is 10.1. The maximum Gasteiger partial charge on any atom is 0.255 e. The molecule has 0 spiro atoms. The van der Waals surface area contributed by atoms with E-state index in [4.69, 9.17) is 0 Å². The number of aryl methyl sites for hydroxylation is 2. The van der Waals surface area contributed by atoms with Gasteiger partial charge in [0.2, 0.25) is 5.95 Å². The Morgan fingerprint density at radius 3 is 2.90 bits per heavy atom. The van der Waals surface area contributed by atoms with Gasteiger partial charge in [-0.2, -0.15) is 4.98 Å². The summed E-state index contributed by atoms with van der Waals surface area (Å²) in [4.78, 5) is 16.6. The Kier molecular flexibility index (Phi) is 3.43. The smallest absolute Gasteiger partial charge is 0.255 e. The zero-order valence-electron chi connectivity index (χ0n) is 12.1. The molecular weight excluding hydrogens is 266 g/mol. The van der Waals surface area contributed by atoms with E-state index in [2.05, 4.69) is 20.5 Å². The summed E-state index contributed by atoms with van der Waals surface area (Å²) in [5, 5.41) is 11.0. The van der Waals surface area contributed by atoms with Crippen LogP contribution in [0.4, 0.5) is 5.95 Å². The highest BCUT2D eigenvalue weighted by Gasteiger charge is 2.07. The van der Waals surface area contributed by atoms with Crippen molar-refractivity contribution in [3.05, 3.63) is 52.1 Å². The number of nitrogens with zero attached hydrogens (tertiary/aromatic N) is 3. The van der Waals surface area contributed by atoms with Crippen LogP contribution in [0.15, 0.2) is 35.1 Å². The average Bonchev–Trinajstić information content (AvgIpc) is 2.97. The summed E-state index contributed by atoms with van der Waals surface area (Å²) in [5.74, 6) is 1.34. The number of anilines is 1. The minimum Gasteiger partial charge on any atom is -0.349 e. The van der Waals surface area contributed by atoms with Crippen LogP contribution in [0.3, 0.4) is 0 Å². The van der Waals surface area contributed by atoms with Crippen LogP contribution >= 0.6 is 0 Å². The molecule has 1 aromatic carbocycles. The van der Waals surface area contributed by atoms with E-state index in [9.17, 15) is 4.79 Å². The number of aromatic nitrogens is 4. The van der Waals surface area contributed by atoms with Gasteiger partial charge in [0.15, 0.2) is 0 Å². The van der Waals surface area contributed by atoms with Crippen molar-refractivity contribution < 1.29 is 0 Å². The van der Waals surface area contributed by atoms with Gasteiger partial charge < -0.3 is 9.88 Å². The molecule has 0 saturated carbocycles. The Morgan fingerprint density at radius 2 is 2.14 bits per heavy atom. The third-order valence-electron chi connectivity index (χ3n) is 3.51. The van der Waals surface area contributed by atoms with Gasteiger partial charge in [0.1, 0.15) is 5.82 Å². The van der Waals surface area contributed by atoms with Gasteiger partial charge in [-0.15, -0.1) is 5.10 Å². The Morgan fingerprint density at radius 1 is 1.33 bits per heavy atom. The molecule has 0 aliphatic heterocycles. The van der Waals surface area contributed by atoms with E-state index in [-0.39, 0.29) is 5.56 Å². The Labute approximate surface area is 121 Å². The first-order valence-electron chi connectivity index (χ1n) is 6.92. The second-order valence-corrected chi connectivity index (χ2v) is 4.91. The fourth-order valence-corrected chi connectivity index (χ4v) is 2.32. The highest BCUT2D eigenvalue weighted by atomic mass is 16.1. The molecule has 0 saturated heterocycles. The quantitative estimate of drug-likeness (QED) is 0.766. The molecule has 0 aliphatic carbocycles. The van der Waals surface area contributed by atoms with Gasteiger partial charge in [-0.25, -0.2) is 0 Å². The van der Waals surface area contributed by atoms with Gasteiger partial charge in [-0.1, -0.05) is 25.1 Å².